The highest BCUT2D eigenvalue weighted by molar-refractivity contribution is 5.33. The van der Waals surface area contributed by atoms with Gasteiger partial charge in [-0.05, 0) is 91.3 Å². The van der Waals surface area contributed by atoms with Crippen LogP contribution in [0, 0.1) is 45.3 Å². The molecule has 29 heavy (non-hydrogen) atoms. The van der Waals surface area contributed by atoms with E-state index in [1.807, 2.05) is 0 Å². The van der Waals surface area contributed by atoms with Crippen molar-refractivity contribution in [3.63, 3.8) is 0 Å². The SMILES string of the molecule is C#CCN[C@@H](C)[C@H]1CC[C@@]2(C)[C@]3(C)CC=C4CC(O)CC[C@]4(C)[C@@]3(C)CC[C@]12C. The second-order valence-electron chi connectivity index (χ2n) is 12.1. The van der Waals surface area contributed by atoms with E-state index in [2.05, 4.69) is 58.9 Å². The molecule has 162 valence electrons. The van der Waals surface area contributed by atoms with Crippen LogP contribution in [-0.2, 0) is 0 Å². The lowest BCUT2D eigenvalue weighted by molar-refractivity contribution is -0.221. The maximum absolute atomic E-state index is 10.4. The number of fused-ring (bicyclic) bond motifs is 5. The first-order chi connectivity index (χ1) is 13.5. The van der Waals surface area contributed by atoms with Gasteiger partial charge in [-0.15, -0.1) is 6.42 Å². The molecule has 2 nitrogen and oxygen atoms in total. The molecule has 0 heterocycles. The number of hydrogen-bond acceptors (Lipinski definition) is 2. The quantitative estimate of drug-likeness (QED) is 0.472. The molecule has 0 aromatic carbocycles. The van der Waals surface area contributed by atoms with Gasteiger partial charge in [-0.1, -0.05) is 52.2 Å². The van der Waals surface area contributed by atoms with Crippen LogP contribution in [0.25, 0.3) is 0 Å². The van der Waals surface area contributed by atoms with Gasteiger partial charge < -0.3 is 10.4 Å². The van der Waals surface area contributed by atoms with E-state index in [1.54, 1.807) is 5.57 Å². The molecule has 0 bridgehead atoms. The Kier molecular flexibility index (Phi) is 4.89. The number of nitrogens with one attached hydrogen (secondary N) is 1. The van der Waals surface area contributed by atoms with Gasteiger partial charge in [0.25, 0.3) is 0 Å². The number of aliphatic hydroxyl groups is 1. The number of terminal acetylenes is 1. The van der Waals surface area contributed by atoms with Crippen molar-refractivity contribution < 1.29 is 5.11 Å². The molecule has 8 atom stereocenters. The average molecular weight is 398 g/mol. The summed E-state index contributed by atoms with van der Waals surface area (Å²) in [5, 5.41) is 14.0. The van der Waals surface area contributed by atoms with Crippen molar-refractivity contribution in [3.8, 4) is 12.3 Å². The molecule has 3 fully saturated rings. The van der Waals surface area contributed by atoms with Crippen LogP contribution in [0.1, 0.15) is 92.9 Å². The smallest absolute Gasteiger partial charge is 0.0577 e. The summed E-state index contributed by atoms with van der Waals surface area (Å²) in [5.41, 5.74) is 3.04. The van der Waals surface area contributed by atoms with Gasteiger partial charge in [0.15, 0.2) is 0 Å². The Morgan fingerprint density at radius 3 is 2.48 bits per heavy atom. The van der Waals surface area contributed by atoms with Crippen LogP contribution in [0.15, 0.2) is 11.6 Å². The van der Waals surface area contributed by atoms with Crippen molar-refractivity contribution >= 4 is 0 Å². The van der Waals surface area contributed by atoms with Gasteiger partial charge in [0, 0.05) is 6.04 Å². The lowest BCUT2D eigenvalue weighted by Crippen LogP contribution is -2.66. The van der Waals surface area contributed by atoms with E-state index in [-0.39, 0.29) is 16.9 Å². The summed E-state index contributed by atoms with van der Waals surface area (Å²) < 4.78 is 0. The van der Waals surface area contributed by atoms with Gasteiger partial charge in [0.05, 0.1) is 12.6 Å². The third-order valence-corrected chi connectivity index (χ3v) is 11.9. The molecule has 0 aromatic rings. The first-order valence-corrected chi connectivity index (χ1v) is 12.0. The molecule has 0 saturated heterocycles. The summed E-state index contributed by atoms with van der Waals surface area (Å²) in [6.45, 7) is 16.1. The summed E-state index contributed by atoms with van der Waals surface area (Å²) in [4.78, 5) is 0. The second kappa shape index (κ2) is 6.61. The minimum Gasteiger partial charge on any atom is -0.393 e. The van der Waals surface area contributed by atoms with Gasteiger partial charge in [-0.2, -0.15) is 0 Å². The molecule has 0 aliphatic heterocycles. The first-order valence-electron chi connectivity index (χ1n) is 12.0. The molecule has 4 aliphatic carbocycles. The van der Waals surface area contributed by atoms with Crippen molar-refractivity contribution in [2.45, 2.75) is 105 Å². The van der Waals surface area contributed by atoms with E-state index in [0.29, 0.717) is 34.7 Å². The summed E-state index contributed by atoms with van der Waals surface area (Å²) in [5.74, 6) is 3.46. The molecule has 4 rings (SSSR count). The van der Waals surface area contributed by atoms with Gasteiger partial charge in [0.1, 0.15) is 0 Å². The first kappa shape index (κ1) is 21.5. The largest absolute Gasteiger partial charge is 0.393 e. The molecular formula is C27H43NO. The van der Waals surface area contributed by atoms with Gasteiger partial charge in [0.2, 0.25) is 0 Å². The second-order valence-corrected chi connectivity index (χ2v) is 12.1. The van der Waals surface area contributed by atoms with E-state index in [9.17, 15) is 5.11 Å². The summed E-state index contributed by atoms with van der Waals surface area (Å²) >= 11 is 0. The van der Waals surface area contributed by atoms with E-state index in [0.717, 1.165) is 19.3 Å². The minimum absolute atomic E-state index is 0.134. The Bertz CT molecular complexity index is 750. The zero-order valence-corrected chi connectivity index (χ0v) is 19.7. The lowest BCUT2D eigenvalue weighted by Gasteiger charge is -2.73. The maximum atomic E-state index is 10.4. The molecule has 1 unspecified atom stereocenters. The van der Waals surface area contributed by atoms with Crippen LogP contribution in [0.3, 0.4) is 0 Å². The van der Waals surface area contributed by atoms with Crippen LogP contribution in [-0.4, -0.2) is 23.8 Å². The molecule has 2 N–H and O–H groups in total. The summed E-state index contributed by atoms with van der Waals surface area (Å²) in [6, 6.07) is 0.473. The molecule has 0 amide bonds. The average Bonchev–Trinajstić information content (AvgIpc) is 2.96. The number of rotatable bonds is 3. The van der Waals surface area contributed by atoms with Crippen LogP contribution < -0.4 is 5.32 Å². The van der Waals surface area contributed by atoms with Gasteiger partial charge in [-0.3, -0.25) is 0 Å². The molecule has 0 spiro atoms. The van der Waals surface area contributed by atoms with Crippen LogP contribution in [0.5, 0.6) is 0 Å². The highest BCUT2D eigenvalue weighted by atomic mass is 16.3. The van der Waals surface area contributed by atoms with Crippen molar-refractivity contribution in [1.82, 2.24) is 5.32 Å². The molecule has 2 heteroatoms. The number of hydrogen-bond donors (Lipinski definition) is 2. The fourth-order valence-electron chi connectivity index (χ4n) is 9.18. The van der Waals surface area contributed by atoms with E-state index < -0.39 is 0 Å². The molecule has 3 saturated carbocycles. The highest BCUT2D eigenvalue weighted by Crippen LogP contribution is 2.81. The topological polar surface area (TPSA) is 32.3 Å². The standard InChI is InChI=1S/C27H43NO/c1-8-17-28-19(2)22-11-14-25(5)24(22,4)15-16-26(6)23(3)12-10-21(29)18-20(23)9-13-27(25,26)7/h1,9,19,21-22,28-29H,10-18H2,2-7H3/t19-,21?,22+,23-,24+,25+,26+,27-/m0/s1. The third kappa shape index (κ3) is 2.44. The molecule has 0 aromatic heterocycles. The lowest BCUT2D eigenvalue weighted by atomic mass is 9.31. The Morgan fingerprint density at radius 1 is 1.07 bits per heavy atom. The minimum atomic E-state index is -0.134. The summed E-state index contributed by atoms with van der Waals surface area (Å²) in [6.07, 6.45) is 17.4. The maximum Gasteiger partial charge on any atom is 0.0577 e. The highest BCUT2D eigenvalue weighted by Gasteiger charge is 2.73. The van der Waals surface area contributed by atoms with Crippen molar-refractivity contribution in [2.24, 2.45) is 33.0 Å². The Hall–Kier alpha value is -0.780. The monoisotopic (exact) mass is 397 g/mol. The van der Waals surface area contributed by atoms with Crippen LogP contribution in [0.4, 0.5) is 0 Å². The molecular weight excluding hydrogens is 354 g/mol. The Balaban J connectivity index is 1.76. The Morgan fingerprint density at radius 2 is 1.79 bits per heavy atom. The number of allylic oxidation sites excluding steroid dienone is 1. The van der Waals surface area contributed by atoms with Gasteiger partial charge >= 0.3 is 0 Å². The van der Waals surface area contributed by atoms with Crippen LogP contribution in [0.2, 0.25) is 0 Å². The fourth-order valence-corrected chi connectivity index (χ4v) is 9.18. The van der Waals surface area contributed by atoms with Crippen molar-refractivity contribution in [1.29, 1.82) is 0 Å². The normalized spacial score (nSPS) is 52.6. The zero-order valence-electron chi connectivity index (χ0n) is 19.7. The number of aliphatic hydroxyl groups excluding tert-OH is 1. The predicted molar refractivity (Wildman–Crippen MR) is 121 cm³/mol. The van der Waals surface area contributed by atoms with Gasteiger partial charge in [-0.25, -0.2) is 0 Å². The third-order valence-electron chi connectivity index (χ3n) is 11.9. The zero-order chi connectivity index (χ0) is 21.3. The van der Waals surface area contributed by atoms with Crippen molar-refractivity contribution in [3.05, 3.63) is 11.6 Å². The van der Waals surface area contributed by atoms with E-state index in [4.69, 9.17) is 6.42 Å². The van der Waals surface area contributed by atoms with Crippen LogP contribution >= 0.6 is 0 Å². The molecule has 4 aliphatic rings. The molecule has 0 radical (unpaired) electrons. The predicted octanol–water partition coefficient (Wildman–Crippen LogP) is 5.71. The Labute approximate surface area is 179 Å². The summed E-state index contributed by atoms with van der Waals surface area (Å²) in [7, 11) is 0. The van der Waals surface area contributed by atoms with E-state index >= 15 is 0 Å². The van der Waals surface area contributed by atoms with Crippen molar-refractivity contribution in [2.75, 3.05) is 6.54 Å². The van der Waals surface area contributed by atoms with E-state index in [1.165, 1.54) is 32.1 Å². The fraction of sp³-hybridized carbons (Fsp3) is 0.852.